The fourth-order valence-electron chi connectivity index (χ4n) is 1.19. The molecule has 66 valence electrons. The molecule has 1 rings (SSSR count). The Hall–Kier alpha value is -1.02. The van der Waals surface area contributed by atoms with Crippen LogP contribution in [0.4, 0.5) is 0 Å². The molecule has 0 fully saturated rings. The summed E-state index contributed by atoms with van der Waals surface area (Å²) in [5.74, 6) is 0. The molecule has 0 spiro atoms. The number of rotatable bonds is 3. The van der Waals surface area contributed by atoms with E-state index in [-0.39, 0.29) is 0 Å². The Labute approximate surface area is 74.0 Å². The quantitative estimate of drug-likeness (QED) is 0.655. The average molecular weight is 164 g/mol. The minimum atomic E-state index is 0.946. The normalized spacial score (nSPS) is 16.5. The summed E-state index contributed by atoms with van der Waals surface area (Å²) < 4.78 is 0. The van der Waals surface area contributed by atoms with Crippen LogP contribution in [-0.2, 0) is 0 Å². The van der Waals surface area contributed by atoms with Crippen LogP contribution in [0.3, 0.4) is 0 Å². The van der Waals surface area contributed by atoms with E-state index in [0.29, 0.717) is 0 Å². The highest BCUT2D eigenvalue weighted by atomic mass is 14.8. The number of hydrogen-bond acceptors (Lipinski definition) is 2. The summed E-state index contributed by atoms with van der Waals surface area (Å²) in [5.41, 5.74) is 2.54. The van der Waals surface area contributed by atoms with Gasteiger partial charge < -0.3 is 10.6 Å². The maximum atomic E-state index is 3.13. The van der Waals surface area contributed by atoms with E-state index in [9.17, 15) is 0 Å². The lowest BCUT2D eigenvalue weighted by atomic mass is 10.2. The third-order valence-electron chi connectivity index (χ3n) is 1.86. The van der Waals surface area contributed by atoms with Crippen LogP contribution in [0.25, 0.3) is 0 Å². The van der Waals surface area contributed by atoms with Gasteiger partial charge in [-0.3, -0.25) is 0 Å². The minimum absolute atomic E-state index is 0.946. The molecule has 0 bridgehead atoms. The Morgan fingerprint density at radius 1 is 1.25 bits per heavy atom. The van der Waals surface area contributed by atoms with Gasteiger partial charge in [-0.2, -0.15) is 0 Å². The Bertz CT molecular complexity index is 224. The van der Waals surface area contributed by atoms with Crippen LogP contribution < -0.4 is 10.6 Å². The van der Waals surface area contributed by atoms with Gasteiger partial charge in [-0.15, -0.1) is 0 Å². The van der Waals surface area contributed by atoms with E-state index in [1.54, 1.807) is 0 Å². The van der Waals surface area contributed by atoms with Crippen LogP contribution in [0.1, 0.15) is 6.42 Å². The smallest absolute Gasteiger partial charge is 0.0300 e. The van der Waals surface area contributed by atoms with Crippen molar-refractivity contribution in [2.75, 3.05) is 20.6 Å². The average Bonchev–Trinajstić information content (AvgIpc) is 2.31. The zero-order valence-electron chi connectivity index (χ0n) is 7.72. The third-order valence-corrected chi connectivity index (χ3v) is 1.86. The van der Waals surface area contributed by atoms with Crippen LogP contribution in [0.15, 0.2) is 35.6 Å². The highest BCUT2D eigenvalue weighted by molar-refractivity contribution is 5.31. The molecule has 0 saturated heterocycles. The maximum Gasteiger partial charge on any atom is 0.0300 e. The van der Waals surface area contributed by atoms with Crippen LogP contribution in [0.2, 0.25) is 0 Å². The summed E-state index contributed by atoms with van der Waals surface area (Å²) >= 11 is 0. The second-order valence-corrected chi connectivity index (χ2v) is 2.79. The van der Waals surface area contributed by atoms with Gasteiger partial charge in [-0.25, -0.2) is 0 Å². The molecule has 0 aromatic rings. The van der Waals surface area contributed by atoms with Gasteiger partial charge >= 0.3 is 0 Å². The van der Waals surface area contributed by atoms with E-state index >= 15 is 0 Å². The summed E-state index contributed by atoms with van der Waals surface area (Å²) in [6, 6.07) is 0. The van der Waals surface area contributed by atoms with Crippen molar-refractivity contribution in [3.63, 3.8) is 0 Å². The van der Waals surface area contributed by atoms with Crippen molar-refractivity contribution in [3.8, 4) is 0 Å². The van der Waals surface area contributed by atoms with Gasteiger partial charge in [0.15, 0.2) is 0 Å². The first-order valence-corrected chi connectivity index (χ1v) is 4.26. The lowest BCUT2D eigenvalue weighted by Crippen LogP contribution is -2.09. The van der Waals surface area contributed by atoms with Gasteiger partial charge in [0, 0.05) is 19.3 Å². The zero-order chi connectivity index (χ0) is 8.81. The highest BCUT2D eigenvalue weighted by Crippen LogP contribution is 2.07. The molecule has 0 unspecified atom stereocenters. The Morgan fingerprint density at radius 2 is 2.08 bits per heavy atom. The van der Waals surface area contributed by atoms with Crippen molar-refractivity contribution in [1.82, 2.24) is 10.6 Å². The third kappa shape index (κ3) is 2.55. The number of likely N-dealkylation sites (N-methyl/N-ethyl adjacent to an activating group) is 2. The summed E-state index contributed by atoms with van der Waals surface area (Å²) in [6.45, 7) is 0.946. The van der Waals surface area contributed by atoms with Crippen molar-refractivity contribution >= 4 is 0 Å². The van der Waals surface area contributed by atoms with Crippen LogP contribution in [-0.4, -0.2) is 20.6 Å². The summed E-state index contributed by atoms with van der Waals surface area (Å²) in [4.78, 5) is 0. The maximum absolute atomic E-state index is 3.13. The molecule has 2 N–H and O–H groups in total. The molecular formula is C10H16N2. The topological polar surface area (TPSA) is 24.1 Å². The van der Waals surface area contributed by atoms with E-state index in [2.05, 4.69) is 34.9 Å². The number of allylic oxidation sites excluding steroid dienone is 3. The molecule has 12 heavy (non-hydrogen) atoms. The lowest BCUT2D eigenvalue weighted by Gasteiger charge is -1.98. The fourth-order valence-corrected chi connectivity index (χ4v) is 1.19. The molecular weight excluding hydrogens is 148 g/mol. The molecule has 0 heterocycles. The van der Waals surface area contributed by atoms with Crippen molar-refractivity contribution in [3.05, 3.63) is 35.6 Å². The Morgan fingerprint density at radius 3 is 2.75 bits per heavy atom. The van der Waals surface area contributed by atoms with E-state index in [1.165, 1.54) is 11.3 Å². The van der Waals surface area contributed by atoms with Gasteiger partial charge in [0.05, 0.1) is 0 Å². The largest absolute Gasteiger partial charge is 0.388 e. The molecule has 0 atom stereocenters. The Kier molecular flexibility index (Phi) is 3.61. The standard InChI is InChI=1S/C10H16N2/c1-11-8-9-4-3-5-10(12-2)7-6-9/h4-7,11-12H,3,8H2,1-2H3. The van der Waals surface area contributed by atoms with Crippen LogP contribution >= 0.6 is 0 Å². The van der Waals surface area contributed by atoms with Gasteiger partial charge in [0.1, 0.15) is 0 Å². The predicted octanol–water partition coefficient (Wildman–Crippen LogP) is 1.20. The van der Waals surface area contributed by atoms with Crippen molar-refractivity contribution in [1.29, 1.82) is 0 Å². The molecule has 0 radical (unpaired) electrons. The fraction of sp³-hybridized carbons (Fsp3) is 0.400. The molecule has 0 amide bonds. The van der Waals surface area contributed by atoms with E-state index < -0.39 is 0 Å². The van der Waals surface area contributed by atoms with Gasteiger partial charge in [-0.05, 0) is 25.1 Å². The van der Waals surface area contributed by atoms with E-state index in [4.69, 9.17) is 0 Å². The van der Waals surface area contributed by atoms with Crippen molar-refractivity contribution < 1.29 is 0 Å². The van der Waals surface area contributed by atoms with E-state index in [0.717, 1.165) is 13.0 Å². The van der Waals surface area contributed by atoms with Gasteiger partial charge in [-0.1, -0.05) is 18.2 Å². The number of hydrogen-bond donors (Lipinski definition) is 2. The van der Waals surface area contributed by atoms with Crippen LogP contribution in [0.5, 0.6) is 0 Å². The first-order valence-electron chi connectivity index (χ1n) is 4.26. The molecule has 1 aliphatic rings. The minimum Gasteiger partial charge on any atom is -0.388 e. The monoisotopic (exact) mass is 164 g/mol. The first kappa shape index (κ1) is 9.07. The molecule has 0 aromatic heterocycles. The SMILES string of the molecule is CNCC1=CCC=C(NC)C=C1. The molecule has 0 aliphatic heterocycles. The second kappa shape index (κ2) is 4.78. The molecule has 2 nitrogen and oxygen atoms in total. The van der Waals surface area contributed by atoms with Gasteiger partial charge in [0.25, 0.3) is 0 Å². The molecule has 1 aliphatic carbocycles. The number of nitrogens with one attached hydrogen (secondary N) is 2. The molecule has 0 aromatic carbocycles. The van der Waals surface area contributed by atoms with Crippen molar-refractivity contribution in [2.45, 2.75) is 6.42 Å². The summed E-state index contributed by atoms with van der Waals surface area (Å²) in [5, 5.41) is 6.26. The van der Waals surface area contributed by atoms with Crippen LogP contribution in [0, 0.1) is 0 Å². The lowest BCUT2D eigenvalue weighted by molar-refractivity contribution is 0.892. The van der Waals surface area contributed by atoms with E-state index in [1.807, 2.05) is 14.1 Å². The zero-order valence-corrected chi connectivity index (χ0v) is 7.72. The second-order valence-electron chi connectivity index (χ2n) is 2.79. The van der Waals surface area contributed by atoms with Gasteiger partial charge in [0.2, 0.25) is 0 Å². The Balaban J connectivity index is 2.58. The highest BCUT2D eigenvalue weighted by Gasteiger charge is 1.95. The molecule has 2 heteroatoms. The first-order chi connectivity index (χ1) is 5.86. The van der Waals surface area contributed by atoms with Crippen molar-refractivity contribution in [2.24, 2.45) is 0 Å². The molecule has 0 saturated carbocycles. The predicted molar refractivity (Wildman–Crippen MR) is 52.9 cm³/mol. The summed E-state index contributed by atoms with van der Waals surface area (Å²) in [7, 11) is 3.91. The summed E-state index contributed by atoms with van der Waals surface area (Å²) in [6.07, 6.45) is 9.68.